The van der Waals surface area contributed by atoms with Crippen LogP contribution in [0.15, 0.2) is 0 Å². The minimum atomic E-state index is -0.602. The Bertz CT molecular complexity index is 365. The van der Waals surface area contributed by atoms with E-state index in [0.29, 0.717) is 19.4 Å². The summed E-state index contributed by atoms with van der Waals surface area (Å²) in [6, 6.07) is -0.926. The first-order valence-corrected chi connectivity index (χ1v) is 7.40. The van der Waals surface area contributed by atoms with Gasteiger partial charge in [0.15, 0.2) is 0 Å². The minimum absolute atomic E-state index is 0.147. The van der Waals surface area contributed by atoms with E-state index in [9.17, 15) is 9.59 Å². The fraction of sp³-hybridized carbons (Fsp3) is 0.733. The van der Waals surface area contributed by atoms with Crippen LogP contribution in [0.3, 0.4) is 0 Å². The Labute approximate surface area is 127 Å². The third kappa shape index (κ3) is 7.11. The van der Waals surface area contributed by atoms with Gasteiger partial charge < -0.3 is 21.7 Å². The van der Waals surface area contributed by atoms with Gasteiger partial charge in [-0.3, -0.25) is 9.59 Å². The molecule has 0 saturated carbocycles. The van der Waals surface area contributed by atoms with Gasteiger partial charge in [-0.2, -0.15) is 0 Å². The molecule has 0 aromatic heterocycles. The molecular formula is C15H28N4O2. The van der Waals surface area contributed by atoms with Crippen LogP contribution in [-0.4, -0.2) is 44.0 Å². The highest BCUT2D eigenvalue weighted by Crippen LogP contribution is 2.08. The molecule has 0 radical (unpaired) electrons. The predicted molar refractivity (Wildman–Crippen MR) is 84.4 cm³/mol. The predicted octanol–water partition coefficient (Wildman–Crippen LogP) is -0.406. The summed E-state index contributed by atoms with van der Waals surface area (Å²) >= 11 is 0. The summed E-state index contributed by atoms with van der Waals surface area (Å²) in [5.74, 6) is 2.08. The molecule has 0 fully saturated rings. The van der Waals surface area contributed by atoms with E-state index in [2.05, 4.69) is 21.9 Å². The number of amides is 2. The Balaban J connectivity index is 4.74. The van der Waals surface area contributed by atoms with Crippen molar-refractivity contribution in [1.82, 2.24) is 16.0 Å². The standard InChI is InChI=1S/C15H28N4O2/c1-5-10-18-14(20)12(8-7-9-16)19-15(21)13(17-4)11(3)6-2/h1,11-13,17H,6-10,16H2,2-4H3,(H,18,20)(H,19,21). The van der Waals surface area contributed by atoms with E-state index < -0.39 is 6.04 Å². The van der Waals surface area contributed by atoms with Crippen LogP contribution in [0.2, 0.25) is 0 Å². The lowest BCUT2D eigenvalue weighted by atomic mass is 9.98. The Hall–Kier alpha value is -1.58. The van der Waals surface area contributed by atoms with Gasteiger partial charge in [0, 0.05) is 0 Å². The molecule has 0 aliphatic rings. The van der Waals surface area contributed by atoms with Crippen LogP contribution in [0.5, 0.6) is 0 Å². The average Bonchev–Trinajstić information content (AvgIpc) is 2.49. The minimum Gasteiger partial charge on any atom is -0.343 e. The average molecular weight is 296 g/mol. The van der Waals surface area contributed by atoms with Crippen molar-refractivity contribution in [2.24, 2.45) is 11.7 Å². The molecule has 3 atom stereocenters. The van der Waals surface area contributed by atoms with Gasteiger partial charge in [-0.25, -0.2) is 0 Å². The highest BCUT2D eigenvalue weighted by molar-refractivity contribution is 5.90. The summed E-state index contributed by atoms with van der Waals surface area (Å²) in [4.78, 5) is 24.3. The third-order valence-electron chi connectivity index (χ3n) is 3.50. The zero-order chi connectivity index (χ0) is 16.3. The molecular weight excluding hydrogens is 268 g/mol. The molecule has 0 spiro atoms. The van der Waals surface area contributed by atoms with Gasteiger partial charge in [-0.05, 0) is 32.4 Å². The van der Waals surface area contributed by atoms with Crippen LogP contribution in [0.1, 0.15) is 33.1 Å². The smallest absolute Gasteiger partial charge is 0.243 e. The van der Waals surface area contributed by atoms with Crippen LogP contribution in [0.25, 0.3) is 0 Å². The van der Waals surface area contributed by atoms with Gasteiger partial charge in [0.25, 0.3) is 0 Å². The summed E-state index contributed by atoms with van der Waals surface area (Å²) in [6.45, 7) is 4.63. The number of nitrogens with two attached hydrogens (primary N) is 1. The Morgan fingerprint density at radius 1 is 1.33 bits per heavy atom. The van der Waals surface area contributed by atoms with Gasteiger partial charge in [-0.1, -0.05) is 26.2 Å². The third-order valence-corrected chi connectivity index (χ3v) is 3.50. The number of carbonyl (C=O) groups is 2. The van der Waals surface area contributed by atoms with E-state index in [4.69, 9.17) is 12.2 Å². The van der Waals surface area contributed by atoms with Crippen molar-refractivity contribution in [3.63, 3.8) is 0 Å². The lowest BCUT2D eigenvalue weighted by Gasteiger charge is -2.25. The molecule has 21 heavy (non-hydrogen) atoms. The topological polar surface area (TPSA) is 96.2 Å². The van der Waals surface area contributed by atoms with Gasteiger partial charge in [0.2, 0.25) is 11.8 Å². The molecule has 0 aromatic rings. The monoisotopic (exact) mass is 296 g/mol. The molecule has 0 aromatic carbocycles. The fourth-order valence-electron chi connectivity index (χ4n) is 2.02. The first-order chi connectivity index (χ1) is 10.0. The zero-order valence-corrected chi connectivity index (χ0v) is 13.2. The fourth-order valence-corrected chi connectivity index (χ4v) is 2.02. The van der Waals surface area contributed by atoms with E-state index in [1.165, 1.54) is 0 Å². The zero-order valence-electron chi connectivity index (χ0n) is 13.2. The highest BCUT2D eigenvalue weighted by Gasteiger charge is 2.26. The van der Waals surface area contributed by atoms with Crippen molar-refractivity contribution in [2.45, 2.75) is 45.2 Å². The van der Waals surface area contributed by atoms with Gasteiger partial charge in [-0.15, -0.1) is 6.42 Å². The summed E-state index contributed by atoms with van der Waals surface area (Å²) in [5.41, 5.74) is 5.47. The SMILES string of the molecule is C#CCNC(=O)C(CCCN)NC(=O)C(NC)C(C)CC. The number of rotatable bonds is 10. The Kier molecular flexibility index (Phi) is 10.3. The van der Waals surface area contributed by atoms with E-state index in [0.717, 1.165) is 6.42 Å². The van der Waals surface area contributed by atoms with Crippen molar-refractivity contribution in [3.8, 4) is 12.3 Å². The summed E-state index contributed by atoms with van der Waals surface area (Å²) in [7, 11) is 1.74. The van der Waals surface area contributed by atoms with Crippen molar-refractivity contribution in [3.05, 3.63) is 0 Å². The van der Waals surface area contributed by atoms with Gasteiger partial charge >= 0.3 is 0 Å². The second-order valence-electron chi connectivity index (χ2n) is 5.07. The molecule has 0 heterocycles. The van der Waals surface area contributed by atoms with E-state index in [1.54, 1.807) is 7.05 Å². The summed E-state index contributed by atoms with van der Waals surface area (Å²) in [6.07, 6.45) is 7.14. The molecule has 3 unspecified atom stereocenters. The quantitative estimate of drug-likeness (QED) is 0.412. The maximum atomic E-state index is 12.3. The molecule has 120 valence electrons. The number of hydrogen-bond donors (Lipinski definition) is 4. The first kappa shape index (κ1) is 19.4. The van der Waals surface area contributed by atoms with Crippen molar-refractivity contribution >= 4 is 11.8 Å². The first-order valence-electron chi connectivity index (χ1n) is 7.40. The molecule has 2 amide bonds. The van der Waals surface area contributed by atoms with E-state index >= 15 is 0 Å². The Morgan fingerprint density at radius 3 is 2.48 bits per heavy atom. The molecule has 0 aliphatic carbocycles. The van der Waals surface area contributed by atoms with Crippen LogP contribution in [-0.2, 0) is 9.59 Å². The van der Waals surface area contributed by atoms with Crippen LogP contribution >= 0.6 is 0 Å². The molecule has 0 rings (SSSR count). The van der Waals surface area contributed by atoms with Crippen molar-refractivity contribution < 1.29 is 9.59 Å². The molecule has 0 bridgehead atoms. The highest BCUT2D eigenvalue weighted by atomic mass is 16.2. The van der Waals surface area contributed by atoms with Gasteiger partial charge in [0.1, 0.15) is 6.04 Å². The van der Waals surface area contributed by atoms with E-state index in [1.807, 2.05) is 13.8 Å². The number of nitrogens with one attached hydrogen (secondary N) is 3. The maximum absolute atomic E-state index is 12.3. The molecule has 6 nitrogen and oxygen atoms in total. The molecule has 6 heteroatoms. The second-order valence-corrected chi connectivity index (χ2v) is 5.07. The van der Waals surface area contributed by atoms with Gasteiger partial charge in [0.05, 0.1) is 12.6 Å². The van der Waals surface area contributed by atoms with E-state index in [-0.39, 0.29) is 30.3 Å². The maximum Gasteiger partial charge on any atom is 0.243 e. The molecule has 5 N–H and O–H groups in total. The lowest BCUT2D eigenvalue weighted by Crippen LogP contribution is -2.54. The summed E-state index contributed by atoms with van der Waals surface area (Å²) < 4.78 is 0. The lowest BCUT2D eigenvalue weighted by molar-refractivity contribution is -0.130. The molecule has 0 aliphatic heterocycles. The van der Waals surface area contributed by atoms with Crippen LogP contribution in [0.4, 0.5) is 0 Å². The van der Waals surface area contributed by atoms with Crippen molar-refractivity contribution in [2.75, 3.05) is 20.1 Å². The molecule has 0 saturated heterocycles. The number of carbonyl (C=O) groups excluding carboxylic acids is 2. The summed E-state index contributed by atoms with van der Waals surface area (Å²) in [5, 5.41) is 8.38. The number of terminal acetylenes is 1. The van der Waals surface area contributed by atoms with Crippen LogP contribution in [0, 0.1) is 18.3 Å². The number of likely N-dealkylation sites (N-methyl/N-ethyl adjacent to an activating group) is 1. The van der Waals surface area contributed by atoms with Crippen LogP contribution < -0.4 is 21.7 Å². The second kappa shape index (κ2) is 11.1. The number of hydrogen-bond acceptors (Lipinski definition) is 4. The van der Waals surface area contributed by atoms with Crippen molar-refractivity contribution in [1.29, 1.82) is 0 Å². The normalized spacial score (nSPS) is 14.6. The Morgan fingerprint density at radius 2 is 2.00 bits per heavy atom. The largest absolute Gasteiger partial charge is 0.343 e.